The Morgan fingerprint density at radius 3 is 2.48 bits per heavy atom. The first-order valence-corrected chi connectivity index (χ1v) is 9.79. The van der Waals surface area contributed by atoms with Crippen molar-refractivity contribution in [2.75, 3.05) is 6.61 Å². The molecule has 2 aromatic rings. The highest BCUT2D eigenvalue weighted by atomic mass is 79.9. The lowest BCUT2D eigenvalue weighted by atomic mass is 10.2. The largest absolute Gasteiger partial charge is 0.490 e. The van der Waals surface area contributed by atoms with Crippen LogP contribution in [0.15, 0.2) is 45.3 Å². The fourth-order valence-electron chi connectivity index (χ4n) is 2.12. The number of ether oxygens (including phenoxy) is 2. The van der Waals surface area contributed by atoms with Crippen molar-refractivity contribution in [3.63, 3.8) is 0 Å². The van der Waals surface area contributed by atoms with Crippen LogP contribution in [0.5, 0.6) is 11.5 Å². The average Bonchev–Trinajstić information content (AvgIpc) is 2.61. The Bertz CT molecular complexity index is 840. The van der Waals surface area contributed by atoms with Crippen LogP contribution in [0.4, 0.5) is 0 Å². The molecule has 0 saturated heterocycles. The first-order chi connectivity index (χ1) is 12.8. The number of hydrogen-bond donors (Lipinski definition) is 2. The topological polar surface area (TPSA) is 76.7 Å². The van der Waals surface area contributed by atoms with Crippen molar-refractivity contribution in [3.05, 3.63) is 56.5 Å². The fourth-order valence-corrected chi connectivity index (χ4v) is 2.73. The molecule has 27 heavy (non-hydrogen) atoms. The zero-order valence-electron chi connectivity index (χ0n) is 15.1. The quantitative estimate of drug-likeness (QED) is 0.585. The van der Waals surface area contributed by atoms with Crippen LogP contribution in [-0.2, 0) is 4.79 Å². The number of hydrazine groups is 1. The number of benzene rings is 2. The monoisotopic (exact) mass is 498 g/mol. The Morgan fingerprint density at radius 1 is 1.07 bits per heavy atom. The van der Waals surface area contributed by atoms with Gasteiger partial charge >= 0.3 is 0 Å². The Hall–Kier alpha value is -2.06. The number of nitrogens with one attached hydrogen (secondary N) is 2. The smallest absolute Gasteiger partial charge is 0.276 e. The van der Waals surface area contributed by atoms with Crippen LogP contribution < -0.4 is 20.3 Å². The van der Waals surface area contributed by atoms with E-state index in [0.29, 0.717) is 17.1 Å². The van der Waals surface area contributed by atoms with Gasteiger partial charge in [0.25, 0.3) is 11.8 Å². The number of carbonyl (C=O) groups is 2. The van der Waals surface area contributed by atoms with E-state index in [1.807, 2.05) is 32.9 Å². The maximum Gasteiger partial charge on any atom is 0.276 e. The molecule has 0 aliphatic carbocycles. The molecule has 0 unspecified atom stereocenters. The summed E-state index contributed by atoms with van der Waals surface area (Å²) in [6.07, 6.45) is -0.0879. The summed E-state index contributed by atoms with van der Waals surface area (Å²) in [5, 5.41) is 0. The van der Waals surface area contributed by atoms with Gasteiger partial charge in [-0.05, 0) is 62.7 Å². The third-order valence-corrected chi connectivity index (χ3v) is 4.75. The van der Waals surface area contributed by atoms with Crippen LogP contribution in [0.2, 0.25) is 0 Å². The fraction of sp³-hybridized carbons (Fsp3) is 0.263. The lowest BCUT2D eigenvalue weighted by Gasteiger charge is -2.15. The minimum Gasteiger partial charge on any atom is -0.490 e. The van der Waals surface area contributed by atoms with Crippen molar-refractivity contribution >= 4 is 43.7 Å². The summed E-state index contributed by atoms with van der Waals surface area (Å²) < 4.78 is 12.7. The normalized spacial score (nSPS) is 10.4. The van der Waals surface area contributed by atoms with Gasteiger partial charge in [0.05, 0.1) is 11.7 Å². The molecule has 0 aromatic heterocycles. The molecule has 0 aliphatic heterocycles. The molecule has 0 radical (unpaired) electrons. The summed E-state index contributed by atoms with van der Waals surface area (Å²) in [6.45, 7) is 5.43. The van der Waals surface area contributed by atoms with E-state index in [4.69, 9.17) is 9.47 Å². The predicted molar refractivity (Wildman–Crippen MR) is 110 cm³/mol. The van der Waals surface area contributed by atoms with Crippen LogP contribution in [-0.4, -0.2) is 24.5 Å². The van der Waals surface area contributed by atoms with Crippen molar-refractivity contribution in [1.29, 1.82) is 0 Å². The van der Waals surface area contributed by atoms with Crippen molar-refractivity contribution in [2.24, 2.45) is 0 Å². The maximum atomic E-state index is 12.4. The molecule has 2 aromatic carbocycles. The zero-order chi connectivity index (χ0) is 20.0. The molecule has 144 valence electrons. The van der Waals surface area contributed by atoms with E-state index >= 15 is 0 Å². The van der Waals surface area contributed by atoms with Gasteiger partial charge < -0.3 is 9.47 Å². The second-order valence-corrected chi connectivity index (χ2v) is 7.78. The SMILES string of the molecule is Cc1cc(OCC(=O)NNC(=O)c2cc(Br)ccc2OC(C)C)ccc1Br. The molecule has 0 atom stereocenters. The molecule has 8 heteroatoms. The van der Waals surface area contributed by atoms with Gasteiger partial charge in [-0.25, -0.2) is 0 Å². The van der Waals surface area contributed by atoms with E-state index in [2.05, 4.69) is 42.7 Å². The van der Waals surface area contributed by atoms with Crippen LogP contribution >= 0.6 is 31.9 Å². The molecule has 0 saturated carbocycles. The Balaban J connectivity index is 1.92. The molecule has 6 nitrogen and oxygen atoms in total. The lowest BCUT2D eigenvalue weighted by molar-refractivity contribution is -0.123. The molecule has 0 aliphatic rings. The number of aryl methyl sites for hydroxylation is 1. The minimum atomic E-state index is -0.486. The van der Waals surface area contributed by atoms with E-state index in [1.165, 1.54) is 0 Å². The van der Waals surface area contributed by atoms with Gasteiger partial charge in [0.15, 0.2) is 6.61 Å². The number of hydrogen-bond acceptors (Lipinski definition) is 4. The molecule has 0 spiro atoms. The van der Waals surface area contributed by atoms with Crippen LogP contribution in [0.3, 0.4) is 0 Å². The number of halogens is 2. The van der Waals surface area contributed by atoms with Gasteiger partial charge in [0.2, 0.25) is 0 Å². The van der Waals surface area contributed by atoms with Gasteiger partial charge in [0.1, 0.15) is 11.5 Å². The Morgan fingerprint density at radius 2 is 1.81 bits per heavy atom. The summed E-state index contributed by atoms with van der Waals surface area (Å²) in [4.78, 5) is 24.3. The minimum absolute atomic E-state index is 0.0879. The standard InChI is InChI=1S/C19H20Br2N2O4/c1-11(2)27-17-7-4-13(20)9-15(17)19(25)23-22-18(24)10-26-14-5-6-16(21)12(3)8-14/h4-9,11H,10H2,1-3H3,(H,22,24)(H,23,25). The van der Waals surface area contributed by atoms with Gasteiger partial charge in [-0.15, -0.1) is 0 Å². The highest BCUT2D eigenvalue weighted by Gasteiger charge is 2.15. The number of rotatable bonds is 6. The van der Waals surface area contributed by atoms with Gasteiger partial charge in [0, 0.05) is 8.95 Å². The molecular formula is C19H20Br2N2O4. The molecule has 2 amide bonds. The highest BCUT2D eigenvalue weighted by Crippen LogP contribution is 2.24. The predicted octanol–water partition coefficient (Wildman–Crippen LogP) is 4.15. The van der Waals surface area contributed by atoms with E-state index in [0.717, 1.165) is 14.5 Å². The van der Waals surface area contributed by atoms with Crippen molar-refractivity contribution < 1.29 is 19.1 Å². The van der Waals surface area contributed by atoms with E-state index in [-0.39, 0.29) is 12.7 Å². The average molecular weight is 500 g/mol. The summed E-state index contributed by atoms with van der Waals surface area (Å²) in [6, 6.07) is 10.5. The van der Waals surface area contributed by atoms with Crippen LogP contribution in [0.1, 0.15) is 29.8 Å². The van der Waals surface area contributed by atoms with Crippen LogP contribution in [0.25, 0.3) is 0 Å². The van der Waals surface area contributed by atoms with Crippen molar-refractivity contribution in [1.82, 2.24) is 10.9 Å². The third-order valence-electron chi connectivity index (χ3n) is 3.36. The summed E-state index contributed by atoms with van der Waals surface area (Å²) in [5.41, 5.74) is 6.01. The molecular weight excluding hydrogens is 480 g/mol. The second kappa shape index (κ2) is 9.75. The molecule has 0 heterocycles. The van der Waals surface area contributed by atoms with Gasteiger partial charge in [-0.1, -0.05) is 31.9 Å². The molecule has 0 bridgehead atoms. The van der Waals surface area contributed by atoms with E-state index in [9.17, 15) is 9.59 Å². The highest BCUT2D eigenvalue weighted by molar-refractivity contribution is 9.10. The second-order valence-electron chi connectivity index (χ2n) is 6.01. The first kappa shape index (κ1) is 21.2. The lowest BCUT2D eigenvalue weighted by Crippen LogP contribution is -2.44. The molecule has 0 fully saturated rings. The van der Waals surface area contributed by atoms with E-state index in [1.54, 1.807) is 24.3 Å². The zero-order valence-corrected chi connectivity index (χ0v) is 18.3. The summed E-state index contributed by atoms with van der Waals surface area (Å²) in [7, 11) is 0. The first-order valence-electron chi connectivity index (χ1n) is 8.20. The molecule has 2 N–H and O–H groups in total. The van der Waals surface area contributed by atoms with Crippen LogP contribution in [0, 0.1) is 6.92 Å². The van der Waals surface area contributed by atoms with Crippen molar-refractivity contribution in [2.45, 2.75) is 26.9 Å². The molecule has 2 rings (SSSR count). The Labute approximate surface area is 174 Å². The third kappa shape index (κ3) is 6.55. The van der Waals surface area contributed by atoms with Gasteiger partial charge in [-0.3, -0.25) is 20.4 Å². The summed E-state index contributed by atoms with van der Waals surface area (Å²) >= 11 is 6.73. The number of amides is 2. The van der Waals surface area contributed by atoms with Crippen molar-refractivity contribution in [3.8, 4) is 11.5 Å². The summed E-state index contributed by atoms with van der Waals surface area (Å²) in [5.74, 6) is 0.0309. The maximum absolute atomic E-state index is 12.4. The Kier molecular flexibility index (Phi) is 7.67. The van der Waals surface area contributed by atoms with E-state index < -0.39 is 11.8 Å². The number of carbonyl (C=O) groups excluding carboxylic acids is 2. The van der Waals surface area contributed by atoms with Gasteiger partial charge in [-0.2, -0.15) is 0 Å².